The normalized spacial score (nSPS) is 11.8. The lowest BCUT2D eigenvalue weighted by molar-refractivity contribution is 0.0519. The lowest BCUT2D eigenvalue weighted by Gasteiger charge is -2.00. The van der Waals surface area contributed by atoms with Gasteiger partial charge in [-0.05, 0) is 25.5 Å². The average molecular weight is 247 g/mol. The molecular weight excluding hydrogens is 230 g/mol. The Balaban J connectivity index is 2.89. The quantitative estimate of drug-likeness (QED) is 0.477. The predicted molar refractivity (Wildman–Crippen MR) is 70.7 cm³/mol. The number of carbonyl (C=O) groups is 1. The van der Waals surface area contributed by atoms with Gasteiger partial charge in [-0.1, -0.05) is 19.1 Å². The van der Waals surface area contributed by atoms with E-state index in [1.54, 1.807) is 25.3 Å². The van der Waals surface area contributed by atoms with E-state index in [1.807, 2.05) is 19.1 Å². The van der Waals surface area contributed by atoms with Crippen LogP contribution in [0.2, 0.25) is 0 Å². The monoisotopic (exact) mass is 247 g/mol. The molecule has 5 heteroatoms. The number of rotatable bonds is 6. The van der Waals surface area contributed by atoms with Gasteiger partial charge in [0.05, 0.1) is 12.3 Å². The highest BCUT2D eigenvalue weighted by Crippen LogP contribution is 2.05. The molecular formula is C13H17N3O2. The number of allylic oxidation sites excluding steroid dienone is 4. The molecule has 0 amide bonds. The Bertz CT molecular complexity index is 472. The van der Waals surface area contributed by atoms with E-state index in [0.29, 0.717) is 12.3 Å². The van der Waals surface area contributed by atoms with Gasteiger partial charge in [-0.3, -0.25) is 0 Å². The maximum atomic E-state index is 11.4. The van der Waals surface area contributed by atoms with Crippen molar-refractivity contribution < 1.29 is 9.53 Å². The molecule has 0 spiro atoms. The molecule has 1 rings (SSSR count). The fourth-order valence-electron chi connectivity index (χ4n) is 1.27. The van der Waals surface area contributed by atoms with Gasteiger partial charge in [0.25, 0.3) is 0 Å². The van der Waals surface area contributed by atoms with Gasteiger partial charge in [0.2, 0.25) is 0 Å². The molecule has 1 aromatic rings. The largest absolute Gasteiger partial charge is 0.461 e. The highest BCUT2D eigenvalue weighted by molar-refractivity contribution is 6.00. The minimum atomic E-state index is -0.454. The summed E-state index contributed by atoms with van der Waals surface area (Å²) in [7, 11) is 0. The molecule has 0 saturated heterocycles. The lowest BCUT2D eigenvalue weighted by Crippen LogP contribution is -2.07. The summed E-state index contributed by atoms with van der Waals surface area (Å²) in [6, 6.07) is 1.57. The zero-order valence-electron chi connectivity index (χ0n) is 10.6. The summed E-state index contributed by atoms with van der Waals surface area (Å²) in [6.07, 6.45) is 9.32. The summed E-state index contributed by atoms with van der Waals surface area (Å²) >= 11 is 0. The van der Waals surface area contributed by atoms with E-state index < -0.39 is 5.97 Å². The van der Waals surface area contributed by atoms with Gasteiger partial charge in [-0.15, -0.1) is 0 Å². The van der Waals surface area contributed by atoms with Gasteiger partial charge in [0, 0.05) is 12.4 Å². The first kappa shape index (κ1) is 13.9. The second-order valence-electron chi connectivity index (χ2n) is 3.44. The lowest BCUT2D eigenvalue weighted by atomic mass is 10.3. The van der Waals surface area contributed by atoms with Crippen molar-refractivity contribution in [1.82, 2.24) is 9.78 Å². The van der Waals surface area contributed by atoms with Crippen molar-refractivity contribution in [3.8, 4) is 0 Å². The molecule has 0 aliphatic carbocycles. The van der Waals surface area contributed by atoms with Crippen molar-refractivity contribution in [2.24, 2.45) is 0 Å². The van der Waals surface area contributed by atoms with Gasteiger partial charge in [0.1, 0.15) is 0 Å². The summed E-state index contributed by atoms with van der Waals surface area (Å²) in [5, 5.41) is 11.4. The van der Waals surface area contributed by atoms with Crippen LogP contribution in [0.1, 0.15) is 30.8 Å². The first-order valence-electron chi connectivity index (χ1n) is 5.83. The maximum absolute atomic E-state index is 11.4. The number of nitrogens with one attached hydrogen (secondary N) is 1. The van der Waals surface area contributed by atoms with Crippen LogP contribution in [0.25, 0.3) is 5.70 Å². The van der Waals surface area contributed by atoms with E-state index in [2.05, 4.69) is 5.10 Å². The van der Waals surface area contributed by atoms with Crippen LogP contribution in [-0.2, 0) is 4.74 Å². The standard InChI is InChI=1S/C13H17N3O2/c1-3-5-6-7-11(10-14)16-9-8-12(15-16)13(17)18-4-2/h5-10,14H,3-4H2,1-2H3/b6-5-,11-7+,14-10?. The highest BCUT2D eigenvalue weighted by Gasteiger charge is 2.10. The molecule has 0 bridgehead atoms. The number of ether oxygens (including phenoxy) is 1. The molecule has 18 heavy (non-hydrogen) atoms. The van der Waals surface area contributed by atoms with Crippen LogP contribution in [0.3, 0.4) is 0 Å². The van der Waals surface area contributed by atoms with Crippen LogP contribution in [0.15, 0.2) is 30.5 Å². The summed E-state index contributed by atoms with van der Waals surface area (Å²) in [5.74, 6) is -0.454. The van der Waals surface area contributed by atoms with E-state index in [1.165, 1.54) is 10.9 Å². The number of carbonyl (C=O) groups excluding carboxylic acids is 1. The third-order valence-corrected chi connectivity index (χ3v) is 2.12. The first-order valence-corrected chi connectivity index (χ1v) is 5.83. The molecule has 0 atom stereocenters. The zero-order chi connectivity index (χ0) is 13.4. The second-order valence-corrected chi connectivity index (χ2v) is 3.44. The third-order valence-electron chi connectivity index (χ3n) is 2.12. The Morgan fingerprint density at radius 3 is 2.94 bits per heavy atom. The van der Waals surface area contributed by atoms with Crippen molar-refractivity contribution in [2.45, 2.75) is 20.3 Å². The van der Waals surface area contributed by atoms with Gasteiger partial charge in [0.15, 0.2) is 5.69 Å². The van der Waals surface area contributed by atoms with Crippen LogP contribution >= 0.6 is 0 Å². The molecule has 0 aliphatic heterocycles. The Labute approximate surface area is 106 Å². The van der Waals surface area contributed by atoms with Crippen LogP contribution in [0.4, 0.5) is 0 Å². The number of hydrogen-bond acceptors (Lipinski definition) is 4. The fraction of sp³-hybridized carbons (Fsp3) is 0.308. The smallest absolute Gasteiger partial charge is 0.358 e. The van der Waals surface area contributed by atoms with E-state index >= 15 is 0 Å². The van der Waals surface area contributed by atoms with Gasteiger partial charge >= 0.3 is 5.97 Å². The molecule has 0 unspecified atom stereocenters. The zero-order valence-corrected chi connectivity index (χ0v) is 10.6. The Hall–Kier alpha value is -2.17. The molecule has 0 radical (unpaired) electrons. The fourth-order valence-corrected chi connectivity index (χ4v) is 1.27. The van der Waals surface area contributed by atoms with E-state index in [-0.39, 0.29) is 5.69 Å². The number of hydrogen-bond donors (Lipinski definition) is 1. The Morgan fingerprint density at radius 2 is 2.33 bits per heavy atom. The first-order chi connectivity index (χ1) is 8.72. The van der Waals surface area contributed by atoms with Crippen molar-refractivity contribution in [3.63, 3.8) is 0 Å². The topological polar surface area (TPSA) is 68.0 Å². The predicted octanol–water partition coefficient (Wildman–Crippen LogP) is 2.52. The van der Waals surface area contributed by atoms with Gasteiger partial charge in [-0.25, -0.2) is 9.48 Å². The number of aromatic nitrogens is 2. The average Bonchev–Trinajstić information content (AvgIpc) is 2.84. The number of esters is 1. The molecule has 1 N–H and O–H groups in total. The van der Waals surface area contributed by atoms with Crippen molar-refractivity contribution >= 4 is 17.9 Å². The van der Waals surface area contributed by atoms with Gasteiger partial charge < -0.3 is 10.1 Å². The summed E-state index contributed by atoms with van der Waals surface area (Å²) < 4.78 is 6.32. The highest BCUT2D eigenvalue weighted by atomic mass is 16.5. The molecule has 0 aliphatic rings. The molecule has 5 nitrogen and oxygen atoms in total. The van der Waals surface area contributed by atoms with Crippen LogP contribution in [-0.4, -0.2) is 28.6 Å². The molecule has 96 valence electrons. The van der Waals surface area contributed by atoms with Gasteiger partial charge in [-0.2, -0.15) is 5.10 Å². The molecule has 1 aromatic heterocycles. The molecule has 0 saturated carbocycles. The third kappa shape index (κ3) is 3.69. The molecule has 0 fully saturated rings. The van der Waals surface area contributed by atoms with Crippen LogP contribution < -0.4 is 0 Å². The number of nitrogens with zero attached hydrogens (tertiary/aromatic N) is 2. The molecule has 0 aromatic carbocycles. The van der Waals surface area contributed by atoms with Crippen molar-refractivity contribution in [3.05, 3.63) is 36.2 Å². The second kappa shape index (κ2) is 7.21. The summed E-state index contributed by atoms with van der Waals surface area (Å²) in [6.45, 7) is 4.09. The Morgan fingerprint density at radius 1 is 1.56 bits per heavy atom. The van der Waals surface area contributed by atoms with Crippen LogP contribution in [0.5, 0.6) is 0 Å². The summed E-state index contributed by atoms with van der Waals surface area (Å²) in [5.41, 5.74) is 0.819. The van der Waals surface area contributed by atoms with E-state index in [4.69, 9.17) is 10.1 Å². The van der Waals surface area contributed by atoms with Crippen molar-refractivity contribution in [1.29, 1.82) is 5.41 Å². The van der Waals surface area contributed by atoms with Crippen molar-refractivity contribution in [2.75, 3.05) is 6.61 Å². The minimum absolute atomic E-state index is 0.240. The molecule has 1 heterocycles. The van der Waals surface area contributed by atoms with E-state index in [0.717, 1.165) is 6.42 Å². The maximum Gasteiger partial charge on any atom is 0.358 e. The Kier molecular flexibility index (Phi) is 5.57. The minimum Gasteiger partial charge on any atom is -0.461 e. The SMILES string of the molecule is CC/C=C\C=C(/C=N)n1ccc(C(=O)OCC)n1. The van der Waals surface area contributed by atoms with E-state index in [9.17, 15) is 4.79 Å². The summed E-state index contributed by atoms with van der Waals surface area (Å²) in [4.78, 5) is 11.4. The van der Waals surface area contributed by atoms with Crippen LogP contribution in [0, 0.1) is 5.41 Å².